The van der Waals surface area contributed by atoms with Crippen molar-refractivity contribution in [1.29, 1.82) is 0 Å². The predicted octanol–water partition coefficient (Wildman–Crippen LogP) is 2.47. The molecule has 0 aromatic heterocycles. The molecule has 2 N–H and O–H groups in total. The zero-order valence-corrected chi connectivity index (χ0v) is 11.7. The van der Waals surface area contributed by atoms with Crippen molar-refractivity contribution in [3.05, 3.63) is 12.2 Å². The monoisotopic (exact) mass is 243 g/mol. The van der Waals surface area contributed by atoms with E-state index in [-0.39, 0.29) is 18.1 Å². The van der Waals surface area contributed by atoms with Crippen molar-refractivity contribution >= 4 is 6.09 Å². The highest BCUT2D eigenvalue weighted by atomic mass is 16.6. The molecule has 0 fully saturated rings. The molecule has 1 unspecified atom stereocenters. The van der Waals surface area contributed by atoms with Crippen molar-refractivity contribution in [3.8, 4) is 0 Å². The van der Waals surface area contributed by atoms with Crippen LogP contribution in [0.3, 0.4) is 0 Å². The number of ether oxygens (including phenoxy) is 1. The number of rotatable bonds is 3. The molecule has 0 radical (unpaired) electrons. The minimum atomic E-state index is -0.507. The summed E-state index contributed by atoms with van der Waals surface area (Å²) in [5, 5.41) is 11.6. The molecule has 17 heavy (non-hydrogen) atoms. The number of carbonyl (C=O) groups excluding carboxylic acids is 1. The van der Waals surface area contributed by atoms with Gasteiger partial charge in [-0.25, -0.2) is 4.79 Å². The molecular weight excluding hydrogens is 218 g/mol. The third kappa shape index (κ3) is 7.80. The lowest BCUT2D eigenvalue weighted by molar-refractivity contribution is 0.0484. The van der Waals surface area contributed by atoms with Crippen LogP contribution in [0.4, 0.5) is 4.79 Å². The Bertz CT molecular complexity index is 271. The molecule has 1 amide bonds. The smallest absolute Gasteiger partial charge is 0.408 e. The first-order chi connectivity index (χ1) is 7.56. The van der Waals surface area contributed by atoms with Crippen molar-refractivity contribution in [3.63, 3.8) is 0 Å². The quantitative estimate of drug-likeness (QED) is 0.749. The van der Waals surface area contributed by atoms with Gasteiger partial charge in [0.2, 0.25) is 0 Å². The van der Waals surface area contributed by atoms with Gasteiger partial charge in [-0.15, -0.1) is 0 Å². The second-order valence-corrected chi connectivity index (χ2v) is 6.10. The topological polar surface area (TPSA) is 58.6 Å². The molecule has 0 aliphatic heterocycles. The van der Waals surface area contributed by atoms with E-state index in [1.807, 2.05) is 41.5 Å². The van der Waals surface area contributed by atoms with Gasteiger partial charge in [-0.3, -0.25) is 0 Å². The van der Waals surface area contributed by atoms with Crippen LogP contribution in [0.25, 0.3) is 0 Å². The summed E-state index contributed by atoms with van der Waals surface area (Å²) < 4.78 is 5.20. The maximum absolute atomic E-state index is 11.6. The summed E-state index contributed by atoms with van der Waals surface area (Å²) in [6.07, 6.45) is 2.96. The SMILES string of the molecule is CC(C)(C)OC(=O)NC(/C=C/CO)C(C)(C)C. The highest BCUT2D eigenvalue weighted by Crippen LogP contribution is 2.20. The number of nitrogens with one attached hydrogen (secondary N) is 1. The molecule has 0 bridgehead atoms. The molecule has 4 nitrogen and oxygen atoms in total. The van der Waals surface area contributed by atoms with Crippen LogP contribution in [0.1, 0.15) is 41.5 Å². The molecule has 0 saturated heterocycles. The standard InChI is InChI=1S/C13H25NO3/c1-12(2,3)10(8-7-9-15)14-11(16)17-13(4,5)6/h7-8,10,15H,9H2,1-6H3,(H,14,16)/b8-7+. The van der Waals surface area contributed by atoms with Gasteiger partial charge in [-0.2, -0.15) is 0 Å². The fourth-order valence-electron chi connectivity index (χ4n) is 1.18. The van der Waals surface area contributed by atoms with Gasteiger partial charge >= 0.3 is 6.09 Å². The maximum atomic E-state index is 11.6. The van der Waals surface area contributed by atoms with E-state index in [1.54, 1.807) is 12.2 Å². The summed E-state index contributed by atoms with van der Waals surface area (Å²) in [6.45, 7) is 11.5. The van der Waals surface area contributed by atoms with Crippen molar-refractivity contribution in [2.45, 2.75) is 53.2 Å². The summed E-state index contributed by atoms with van der Waals surface area (Å²) in [6, 6.07) is -0.176. The number of aliphatic hydroxyl groups is 1. The van der Waals surface area contributed by atoms with E-state index >= 15 is 0 Å². The van der Waals surface area contributed by atoms with E-state index < -0.39 is 11.7 Å². The van der Waals surface area contributed by atoms with Crippen LogP contribution >= 0.6 is 0 Å². The molecule has 0 aliphatic carbocycles. The average Bonchev–Trinajstić information content (AvgIpc) is 2.07. The Balaban J connectivity index is 4.55. The summed E-state index contributed by atoms with van der Waals surface area (Å²) in [5.41, 5.74) is -0.643. The molecule has 100 valence electrons. The van der Waals surface area contributed by atoms with E-state index in [0.29, 0.717) is 0 Å². The van der Waals surface area contributed by atoms with Crippen LogP contribution in [-0.4, -0.2) is 29.4 Å². The molecular formula is C13H25NO3. The molecule has 0 rings (SSSR count). The van der Waals surface area contributed by atoms with Crippen LogP contribution in [0.2, 0.25) is 0 Å². The van der Waals surface area contributed by atoms with Gasteiger partial charge in [0.25, 0.3) is 0 Å². The summed E-state index contributed by atoms with van der Waals surface area (Å²) in [7, 11) is 0. The van der Waals surface area contributed by atoms with Crippen LogP contribution < -0.4 is 5.32 Å². The zero-order valence-electron chi connectivity index (χ0n) is 11.7. The van der Waals surface area contributed by atoms with Crippen molar-refractivity contribution in [2.24, 2.45) is 5.41 Å². The molecule has 0 heterocycles. The maximum Gasteiger partial charge on any atom is 0.408 e. The number of hydrogen-bond donors (Lipinski definition) is 2. The fraction of sp³-hybridized carbons (Fsp3) is 0.769. The highest BCUT2D eigenvalue weighted by molar-refractivity contribution is 5.68. The Morgan fingerprint density at radius 3 is 2.18 bits per heavy atom. The lowest BCUT2D eigenvalue weighted by Crippen LogP contribution is -2.44. The van der Waals surface area contributed by atoms with Gasteiger partial charge < -0.3 is 15.2 Å². The third-order valence-electron chi connectivity index (χ3n) is 2.04. The third-order valence-corrected chi connectivity index (χ3v) is 2.04. The van der Waals surface area contributed by atoms with Gasteiger partial charge in [0.15, 0.2) is 0 Å². The Hall–Kier alpha value is -1.03. The van der Waals surface area contributed by atoms with E-state index in [0.717, 1.165) is 0 Å². The second kappa shape index (κ2) is 6.05. The Morgan fingerprint density at radius 1 is 1.29 bits per heavy atom. The van der Waals surface area contributed by atoms with Crippen LogP contribution in [0.5, 0.6) is 0 Å². The summed E-state index contributed by atoms with van der Waals surface area (Å²) >= 11 is 0. The molecule has 0 aromatic carbocycles. The van der Waals surface area contributed by atoms with E-state index in [1.165, 1.54) is 0 Å². The van der Waals surface area contributed by atoms with Crippen LogP contribution in [0.15, 0.2) is 12.2 Å². The Labute approximate surface area is 104 Å². The lowest BCUT2D eigenvalue weighted by atomic mass is 9.86. The van der Waals surface area contributed by atoms with Crippen LogP contribution in [-0.2, 0) is 4.74 Å². The second-order valence-electron chi connectivity index (χ2n) is 6.10. The predicted molar refractivity (Wildman–Crippen MR) is 68.8 cm³/mol. The van der Waals surface area contributed by atoms with E-state index in [2.05, 4.69) is 5.32 Å². The van der Waals surface area contributed by atoms with E-state index in [4.69, 9.17) is 9.84 Å². The lowest BCUT2D eigenvalue weighted by Gasteiger charge is -2.30. The number of amides is 1. The van der Waals surface area contributed by atoms with Gasteiger partial charge in [-0.05, 0) is 26.2 Å². The fourth-order valence-corrected chi connectivity index (χ4v) is 1.18. The minimum absolute atomic E-state index is 0.0391. The first kappa shape index (κ1) is 16.0. The Morgan fingerprint density at radius 2 is 1.82 bits per heavy atom. The van der Waals surface area contributed by atoms with Gasteiger partial charge in [0, 0.05) is 0 Å². The number of hydrogen-bond acceptors (Lipinski definition) is 3. The van der Waals surface area contributed by atoms with Gasteiger partial charge in [0.1, 0.15) is 5.60 Å². The van der Waals surface area contributed by atoms with Crippen molar-refractivity contribution in [1.82, 2.24) is 5.32 Å². The first-order valence-electron chi connectivity index (χ1n) is 5.83. The minimum Gasteiger partial charge on any atom is -0.444 e. The number of carbonyl (C=O) groups is 1. The van der Waals surface area contributed by atoms with E-state index in [9.17, 15) is 4.79 Å². The number of aliphatic hydroxyl groups excluding tert-OH is 1. The number of alkyl carbamates (subject to hydrolysis) is 1. The largest absolute Gasteiger partial charge is 0.444 e. The molecule has 0 spiro atoms. The van der Waals surface area contributed by atoms with Gasteiger partial charge in [0.05, 0.1) is 12.6 Å². The molecule has 0 aliphatic rings. The van der Waals surface area contributed by atoms with Gasteiger partial charge in [-0.1, -0.05) is 32.9 Å². The van der Waals surface area contributed by atoms with Crippen molar-refractivity contribution in [2.75, 3.05) is 6.61 Å². The summed E-state index contributed by atoms with van der Waals surface area (Å²) in [4.78, 5) is 11.6. The van der Waals surface area contributed by atoms with Crippen molar-refractivity contribution < 1.29 is 14.6 Å². The zero-order chi connectivity index (χ0) is 13.7. The summed E-state index contributed by atoms with van der Waals surface area (Å²) in [5.74, 6) is 0. The van der Waals surface area contributed by atoms with Crippen LogP contribution in [0, 0.1) is 5.41 Å². The Kier molecular flexibility index (Phi) is 5.69. The average molecular weight is 243 g/mol. The molecule has 0 saturated carbocycles. The first-order valence-corrected chi connectivity index (χ1v) is 5.83. The highest BCUT2D eigenvalue weighted by Gasteiger charge is 2.26. The molecule has 0 aromatic rings. The molecule has 4 heteroatoms. The normalized spacial score (nSPS) is 14.8. The molecule has 1 atom stereocenters.